The molecule has 3 rings (SSSR count). The van der Waals surface area contributed by atoms with E-state index in [-0.39, 0.29) is 35.7 Å². The van der Waals surface area contributed by atoms with E-state index < -0.39 is 41.5 Å². The van der Waals surface area contributed by atoms with E-state index in [4.69, 9.17) is 9.84 Å². The van der Waals surface area contributed by atoms with E-state index >= 15 is 0 Å². The maximum atomic E-state index is 13.3. The number of alkyl halides is 6. The van der Waals surface area contributed by atoms with Gasteiger partial charge in [0.2, 0.25) is 0 Å². The standard InChI is InChI=1S/C30H30F6N2O4/c1-28(2,3)12-10-25(42-23-7-4-18(5-8-23)27(41)37-13-11-26(39)40)19-6-9-24(38-17-19)20-14-21(29(31,32)33)16-22(15-20)30(34,35)36/h4-9,14-17,25H,10-13H2,1-3H3,(H,37,41)(H,39,40). The van der Waals surface area contributed by atoms with Crippen LogP contribution in [-0.2, 0) is 17.1 Å². The van der Waals surface area contributed by atoms with Crippen LogP contribution in [0.2, 0.25) is 0 Å². The number of ether oxygens (including phenoxy) is 1. The Labute approximate surface area is 238 Å². The molecule has 0 fully saturated rings. The van der Waals surface area contributed by atoms with Crippen molar-refractivity contribution >= 4 is 11.9 Å². The molecule has 226 valence electrons. The number of carbonyl (C=O) groups excluding carboxylic acids is 1. The van der Waals surface area contributed by atoms with Crippen molar-refractivity contribution in [2.24, 2.45) is 5.41 Å². The fourth-order valence-corrected chi connectivity index (χ4v) is 3.96. The number of pyridine rings is 1. The van der Waals surface area contributed by atoms with Crippen molar-refractivity contribution in [3.8, 4) is 17.0 Å². The Kier molecular flexibility index (Phi) is 9.90. The third kappa shape index (κ3) is 9.49. The lowest BCUT2D eigenvalue weighted by Crippen LogP contribution is -2.25. The fourth-order valence-electron chi connectivity index (χ4n) is 3.96. The Morgan fingerprint density at radius 2 is 1.50 bits per heavy atom. The van der Waals surface area contributed by atoms with Crippen molar-refractivity contribution < 1.29 is 45.8 Å². The lowest BCUT2D eigenvalue weighted by atomic mass is 9.88. The van der Waals surface area contributed by atoms with Crippen LogP contribution in [0.1, 0.15) is 73.2 Å². The van der Waals surface area contributed by atoms with Gasteiger partial charge in [-0.3, -0.25) is 14.6 Å². The van der Waals surface area contributed by atoms with Gasteiger partial charge in [-0.15, -0.1) is 0 Å². The topological polar surface area (TPSA) is 88.5 Å². The highest BCUT2D eigenvalue weighted by Gasteiger charge is 2.37. The molecule has 0 aliphatic carbocycles. The summed E-state index contributed by atoms with van der Waals surface area (Å²) in [6.07, 6.45) is -8.14. The molecule has 0 radical (unpaired) electrons. The van der Waals surface area contributed by atoms with E-state index in [2.05, 4.69) is 10.3 Å². The second-order valence-electron chi connectivity index (χ2n) is 10.9. The van der Waals surface area contributed by atoms with Gasteiger partial charge in [0.15, 0.2) is 0 Å². The van der Waals surface area contributed by atoms with Gasteiger partial charge in [-0.05, 0) is 66.8 Å². The molecule has 6 nitrogen and oxygen atoms in total. The normalized spacial score (nSPS) is 13.0. The number of carboxylic acids is 1. The lowest BCUT2D eigenvalue weighted by Gasteiger charge is -2.24. The van der Waals surface area contributed by atoms with Gasteiger partial charge < -0.3 is 15.2 Å². The first-order valence-corrected chi connectivity index (χ1v) is 12.9. The molecule has 1 heterocycles. The van der Waals surface area contributed by atoms with Crippen molar-refractivity contribution in [1.29, 1.82) is 0 Å². The number of nitrogens with one attached hydrogen (secondary N) is 1. The molecule has 1 aromatic heterocycles. The zero-order chi connectivity index (χ0) is 31.3. The van der Waals surface area contributed by atoms with Crippen LogP contribution in [0.15, 0.2) is 60.8 Å². The van der Waals surface area contributed by atoms with Gasteiger partial charge in [-0.2, -0.15) is 26.3 Å². The molecular formula is C30H30F6N2O4. The third-order valence-electron chi connectivity index (χ3n) is 6.22. The van der Waals surface area contributed by atoms with Gasteiger partial charge >= 0.3 is 18.3 Å². The van der Waals surface area contributed by atoms with Crippen LogP contribution in [0, 0.1) is 5.41 Å². The summed E-state index contributed by atoms with van der Waals surface area (Å²) in [5, 5.41) is 11.2. The van der Waals surface area contributed by atoms with Crippen molar-refractivity contribution in [3.05, 3.63) is 83.0 Å². The average molecular weight is 597 g/mol. The molecule has 12 heteroatoms. The van der Waals surface area contributed by atoms with Crippen LogP contribution in [0.4, 0.5) is 26.3 Å². The molecule has 2 aromatic carbocycles. The number of benzene rings is 2. The predicted octanol–water partition coefficient (Wildman–Crippen LogP) is 7.94. The number of carboxylic acid groups (broad SMARTS) is 1. The Morgan fingerprint density at radius 1 is 0.905 bits per heavy atom. The average Bonchev–Trinajstić information content (AvgIpc) is 2.89. The highest BCUT2D eigenvalue weighted by molar-refractivity contribution is 5.94. The molecule has 1 amide bonds. The summed E-state index contributed by atoms with van der Waals surface area (Å²) >= 11 is 0. The van der Waals surface area contributed by atoms with Gasteiger partial charge in [0.25, 0.3) is 5.91 Å². The lowest BCUT2D eigenvalue weighted by molar-refractivity contribution is -0.143. The van der Waals surface area contributed by atoms with Crippen LogP contribution in [-0.4, -0.2) is 28.5 Å². The number of nitrogens with zero attached hydrogens (tertiary/aromatic N) is 1. The first-order valence-electron chi connectivity index (χ1n) is 12.9. The van der Waals surface area contributed by atoms with Gasteiger partial charge in [0, 0.05) is 29.4 Å². The maximum Gasteiger partial charge on any atom is 0.416 e. The van der Waals surface area contributed by atoms with Crippen LogP contribution >= 0.6 is 0 Å². The van der Waals surface area contributed by atoms with Crippen LogP contribution in [0.5, 0.6) is 5.75 Å². The predicted molar refractivity (Wildman–Crippen MR) is 143 cm³/mol. The number of hydrogen-bond acceptors (Lipinski definition) is 4. The molecule has 0 saturated carbocycles. The molecule has 1 atom stereocenters. The Hall–Kier alpha value is -4.09. The Morgan fingerprint density at radius 3 is 1.98 bits per heavy atom. The number of halogens is 6. The van der Waals surface area contributed by atoms with Crippen molar-refractivity contribution in [1.82, 2.24) is 10.3 Å². The first kappa shape index (κ1) is 32.4. The summed E-state index contributed by atoms with van der Waals surface area (Å²) in [5.41, 5.74) is -2.46. The number of hydrogen-bond donors (Lipinski definition) is 2. The van der Waals surface area contributed by atoms with Gasteiger partial charge in [0.05, 0.1) is 23.2 Å². The second kappa shape index (κ2) is 12.8. The van der Waals surface area contributed by atoms with Crippen molar-refractivity contribution in [2.45, 2.75) is 58.5 Å². The van der Waals surface area contributed by atoms with E-state index in [0.29, 0.717) is 41.9 Å². The minimum absolute atomic E-state index is 0.0255. The number of carbonyl (C=O) groups is 2. The van der Waals surface area contributed by atoms with E-state index in [1.54, 1.807) is 18.2 Å². The van der Waals surface area contributed by atoms with Gasteiger partial charge in [0.1, 0.15) is 11.9 Å². The summed E-state index contributed by atoms with van der Waals surface area (Å²) in [4.78, 5) is 27.0. The highest BCUT2D eigenvalue weighted by atomic mass is 19.4. The molecule has 0 spiro atoms. The largest absolute Gasteiger partial charge is 0.486 e. The Balaban J connectivity index is 1.86. The molecule has 0 saturated heterocycles. The summed E-state index contributed by atoms with van der Waals surface area (Å²) in [6, 6.07) is 10.4. The zero-order valence-electron chi connectivity index (χ0n) is 23.1. The van der Waals surface area contributed by atoms with Crippen molar-refractivity contribution in [2.75, 3.05) is 6.54 Å². The molecule has 0 aliphatic rings. The summed E-state index contributed by atoms with van der Waals surface area (Å²) in [5.74, 6) is -1.08. The highest BCUT2D eigenvalue weighted by Crippen LogP contribution is 2.39. The number of amides is 1. The summed E-state index contributed by atoms with van der Waals surface area (Å²) in [7, 11) is 0. The molecule has 0 aliphatic heterocycles. The minimum atomic E-state index is -4.98. The van der Waals surface area contributed by atoms with E-state index in [9.17, 15) is 35.9 Å². The smallest absolute Gasteiger partial charge is 0.416 e. The molecule has 2 N–H and O–H groups in total. The maximum absolute atomic E-state index is 13.3. The summed E-state index contributed by atoms with van der Waals surface area (Å²) < 4.78 is 86.1. The van der Waals surface area contributed by atoms with Gasteiger partial charge in [-0.25, -0.2) is 0 Å². The number of aliphatic carboxylic acids is 1. The zero-order valence-corrected chi connectivity index (χ0v) is 23.1. The van der Waals surface area contributed by atoms with Crippen LogP contribution in [0.3, 0.4) is 0 Å². The van der Waals surface area contributed by atoms with Crippen molar-refractivity contribution in [3.63, 3.8) is 0 Å². The quantitative estimate of drug-likeness (QED) is 0.232. The third-order valence-corrected chi connectivity index (χ3v) is 6.22. The van der Waals surface area contributed by atoms with Gasteiger partial charge in [-0.1, -0.05) is 26.8 Å². The fraction of sp³-hybridized carbons (Fsp3) is 0.367. The SMILES string of the molecule is CC(C)(C)CCC(Oc1ccc(C(=O)NCCC(=O)O)cc1)c1ccc(-c2cc(C(F)(F)F)cc(C(F)(F)F)c2)nc1. The molecule has 0 bridgehead atoms. The molecule has 3 aromatic rings. The van der Waals surface area contributed by atoms with E-state index in [1.165, 1.54) is 24.4 Å². The van der Waals surface area contributed by atoms with Crippen LogP contribution < -0.4 is 10.1 Å². The minimum Gasteiger partial charge on any atom is -0.486 e. The number of aromatic nitrogens is 1. The summed E-state index contributed by atoms with van der Waals surface area (Å²) in [6.45, 7) is 6.08. The number of rotatable bonds is 10. The van der Waals surface area contributed by atoms with Crippen LogP contribution in [0.25, 0.3) is 11.3 Å². The first-order chi connectivity index (χ1) is 19.4. The molecule has 1 unspecified atom stereocenters. The van der Waals surface area contributed by atoms with E-state index in [0.717, 1.165) is 0 Å². The molecule has 42 heavy (non-hydrogen) atoms. The Bertz CT molecular complexity index is 1350. The second-order valence-corrected chi connectivity index (χ2v) is 10.9. The molecular weight excluding hydrogens is 566 g/mol. The van der Waals surface area contributed by atoms with E-state index in [1.807, 2.05) is 20.8 Å². The monoisotopic (exact) mass is 596 g/mol.